The predicted molar refractivity (Wildman–Crippen MR) is 79.1 cm³/mol. The van der Waals surface area contributed by atoms with Crippen LogP contribution in [0.5, 0.6) is 0 Å². The minimum absolute atomic E-state index is 0.0253. The van der Waals surface area contributed by atoms with Crippen molar-refractivity contribution in [1.29, 1.82) is 0 Å². The zero-order valence-corrected chi connectivity index (χ0v) is 12.6. The molecule has 1 aromatic carbocycles. The van der Waals surface area contributed by atoms with Crippen LogP contribution in [-0.2, 0) is 21.8 Å². The van der Waals surface area contributed by atoms with E-state index >= 15 is 0 Å². The van der Waals surface area contributed by atoms with E-state index in [4.69, 9.17) is 32.7 Å². The topological polar surface area (TPSA) is 23.4 Å². The monoisotopic (exact) mass is 311 g/mol. The van der Waals surface area contributed by atoms with Gasteiger partial charge in [0.1, 0.15) is 0 Å². The minimum atomic E-state index is -0.861. The number of ether oxygens (including phenoxy) is 2. The van der Waals surface area contributed by atoms with Crippen molar-refractivity contribution in [2.24, 2.45) is 0 Å². The van der Waals surface area contributed by atoms with Crippen LogP contribution >= 0.6 is 23.2 Å². The van der Waals surface area contributed by atoms with Crippen molar-refractivity contribution >= 4 is 23.2 Å². The summed E-state index contributed by atoms with van der Waals surface area (Å²) in [4.78, 5) is 0. The summed E-state index contributed by atoms with van der Waals surface area (Å²) in [6, 6.07) is 9.32. The van der Waals surface area contributed by atoms with Crippen molar-refractivity contribution in [2.75, 3.05) is 6.61 Å². The van der Waals surface area contributed by atoms with Gasteiger partial charge in [0, 0.05) is 23.0 Å². The highest BCUT2D eigenvalue weighted by molar-refractivity contribution is 6.35. The van der Waals surface area contributed by atoms with E-state index in [1.807, 2.05) is 42.1 Å². The van der Waals surface area contributed by atoms with Crippen LogP contribution in [0.25, 0.3) is 0 Å². The summed E-state index contributed by atoms with van der Waals surface area (Å²) in [5.41, 5.74) is 0.807. The van der Waals surface area contributed by atoms with Crippen LogP contribution in [0.15, 0.2) is 42.7 Å². The molecule has 0 saturated carbocycles. The first kappa shape index (κ1) is 14.0. The number of aromatic nitrogens is 1. The van der Waals surface area contributed by atoms with E-state index in [0.29, 0.717) is 23.2 Å². The minimum Gasteiger partial charge on any atom is -0.348 e. The van der Waals surface area contributed by atoms with Crippen LogP contribution in [0.1, 0.15) is 12.5 Å². The second-order valence-electron chi connectivity index (χ2n) is 4.97. The lowest BCUT2D eigenvalue weighted by Gasteiger charge is -2.29. The molecule has 0 N–H and O–H groups in total. The molecule has 5 heteroatoms. The average Bonchev–Trinajstić information content (AvgIpc) is 3.00. The van der Waals surface area contributed by atoms with Crippen LogP contribution < -0.4 is 0 Å². The van der Waals surface area contributed by atoms with Gasteiger partial charge in [-0.25, -0.2) is 0 Å². The van der Waals surface area contributed by atoms with E-state index in [-0.39, 0.29) is 6.10 Å². The SMILES string of the molecule is CC1COC(Cn2cccc2)(c2ccc(Cl)cc2Cl)O1. The Morgan fingerprint density at radius 1 is 1.30 bits per heavy atom. The fraction of sp³-hybridized carbons (Fsp3) is 0.333. The number of hydrogen-bond donors (Lipinski definition) is 0. The molecule has 3 rings (SSSR count). The molecule has 0 bridgehead atoms. The van der Waals surface area contributed by atoms with Crippen molar-refractivity contribution < 1.29 is 9.47 Å². The third kappa shape index (κ3) is 2.59. The summed E-state index contributed by atoms with van der Waals surface area (Å²) >= 11 is 12.3. The molecule has 1 aromatic heterocycles. The molecule has 0 aliphatic carbocycles. The first-order valence-electron chi connectivity index (χ1n) is 6.47. The van der Waals surface area contributed by atoms with Crippen molar-refractivity contribution in [3.05, 3.63) is 58.3 Å². The van der Waals surface area contributed by atoms with Gasteiger partial charge in [-0.05, 0) is 31.2 Å². The molecule has 1 saturated heterocycles. The van der Waals surface area contributed by atoms with Gasteiger partial charge in [-0.1, -0.05) is 29.3 Å². The van der Waals surface area contributed by atoms with Crippen molar-refractivity contribution in [1.82, 2.24) is 4.57 Å². The van der Waals surface area contributed by atoms with Gasteiger partial charge in [-0.2, -0.15) is 0 Å². The molecule has 2 heterocycles. The highest BCUT2D eigenvalue weighted by Crippen LogP contribution is 2.40. The Hall–Kier alpha value is -1.000. The van der Waals surface area contributed by atoms with Gasteiger partial charge in [0.2, 0.25) is 5.79 Å². The van der Waals surface area contributed by atoms with E-state index < -0.39 is 5.79 Å². The van der Waals surface area contributed by atoms with E-state index in [1.54, 1.807) is 12.1 Å². The summed E-state index contributed by atoms with van der Waals surface area (Å²) < 4.78 is 14.0. The van der Waals surface area contributed by atoms with Crippen LogP contribution in [0.3, 0.4) is 0 Å². The lowest BCUT2D eigenvalue weighted by atomic mass is 10.1. The summed E-state index contributed by atoms with van der Waals surface area (Å²) in [7, 11) is 0. The number of rotatable bonds is 3. The van der Waals surface area contributed by atoms with Gasteiger partial charge in [0.15, 0.2) is 0 Å². The van der Waals surface area contributed by atoms with Crippen LogP contribution in [0, 0.1) is 0 Å². The maximum absolute atomic E-state index is 6.33. The molecule has 0 amide bonds. The molecule has 3 nitrogen and oxygen atoms in total. The summed E-state index contributed by atoms with van der Waals surface area (Å²) in [6.07, 6.45) is 3.97. The average molecular weight is 312 g/mol. The zero-order valence-electron chi connectivity index (χ0n) is 11.1. The summed E-state index contributed by atoms with van der Waals surface area (Å²) in [5, 5.41) is 1.15. The number of halogens is 2. The zero-order chi connectivity index (χ0) is 14.2. The molecular formula is C15H15Cl2NO2. The fourth-order valence-electron chi connectivity index (χ4n) is 2.47. The molecule has 106 valence electrons. The third-order valence-electron chi connectivity index (χ3n) is 3.34. The largest absolute Gasteiger partial charge is 0.348 e. The smallest absolute Gasteiger partial charge is 0.215 e. The first-order valence-corrected chi connectivity index (χ1v) is 7.23. The molecule has 0 radical (unpaired) electrons. The van der Waals surface area contributed by atoms with Crippen LogP contribution in [-0.4, -0.2) is 17.3 Å². The normalized spacial score (nSPS) is 26.1. The Morgan fingerprint density at radius 2 is 2.05 bits per heavy atom. The molecule has 2 atom stereocenters. The van der Waals surface area contributed by atoms with Gasteiger partial charge < -0.3 is 14.0 Å². The van der Waals surface area contributed by atoms with Gasteiger partial charge >= 0.3 is 0 Å². The Labute approximate surface area is 128 Å². The van der Waals surface area contributed by atoms with Crippen molar-refractivity contribution in [2.45, 2.75) is 25.4 Å². The molecule has 0 spiro atoms. The van der Waals surface area contributed by atoms with E-state index in [2.05, 4.69) is 0 Å². The molecule has 2 aromatic rings. The highest BCUT2D eigenvalue weighted by atomic mass is 35.5. The van der Waals surface area contributed by atoms with Crippen molar-refractivity contribution in [3.8, 4) is 0 Å². The van der Waals surface area contributed by atoms with Gasteiger partial charge in [-0.3, -0.25) is 0 Å². The Kier molecular flexibility index (Phi) is 3.78. The molecule has 2 unspecified atom stereocenters. The summed E-state index contributed by atoms with van der Waals surface area (Å²) in [6.45, 7) is 3.08. The Bertz CT molecular complexity index is 600. The molecule has 1 fully saturated rings. The second-order valence-corrected chi connectivity index (χ2v) is 5.82. The molecular weight excluding hydrogens is 297 g/mol. The van der Waals surface area contributed by atoms with Gasteiger partial charge in [-0.15, -0.1) is 0 Å². The summed E-state index contributed by atoms with van der Waals surface area (Å²) in [5.74, 6) is -0.861. The second kappa shape index (κ2) is 5.41. The van der Waals surface area contributed by atoms with Crippen LogP contribution in [0.2, 0.25) is 10.0 Å². The Morgan fingerprint density at radius 3 is 2.65 bits per heavy atom. The number of nitrogens with zero attached hydrogens (tertiary/aromatic N) is 1. The number of hydrogen-bond acceptors (Lipinski definition) is 2. The first-order chi connectivity index (χ1) is 9.59. The van der Waals surface area contributed by atoms with Gasteiger partial charge in [0.05, 0.1) is 24.3 Å². The lowest BCUT2D eigenvalue weighted by molar-refractivity contribution is -0.185. The van der Waals surface area contributed by atoms with E-state index in [0.717, 1.165) is 5.56 Å². The van der Waals surface area contributed by atoms with E-state index in [9.17, 15) is 0 Å². The molecule has 20 heavy (non-hydrogen) atoms. The Balaban J connectivity index is 2.01. The molecule has 1 aliphatic rings. The maximum Gasteiger partial charge on any atom is 0.215 e. The highest BCUT2D eigenvalue weighted by Gasteiger charge is 2.43. The lowest BCUT2D eigenvalue weighted by Crippen LogP contribution is -2.33. The van der Waals surface area contributed by atoms with Crippen molar-refractivity contribution in [3.63, 3.8) is 0 Å². The number of benzene rings is 1. The fourth-order valence-corrected chi connectivity index (χ4v) is 3.02. The maximum atomic E-state index is 6.33. The predicted octanol–water partition coefficient (Wildman–Crippen LogP) is 4.08. The standard InChI is InChI=1S/C15H15Cl2NO2/c1-11-9-19-15(20-11,10-18-6-2-3-7-18)13-5-4-12(16)8-14(13)17/h2-8,11H,9-10H2,1H3. The molecule has 1 aliphatic heterocycles. The third-order valence-corrected chi connectivity index (χ3v) is 3.89. The van der Waals surface area contributed by atoms with E-state index in [1.165, 1.54) is 0 Å². The quantitative estimate of drug-likeness (QED) is 0.852. The van der Waals surface area contributed by atoms with Gasteiger partial charge in [0.25, 0.3) is 0 Å². The van der Waals surface area contributed by atoms with Crippen LogP contribution in [0.4, 0.5) is 0 Å².